The number of amides is 3. The van der Waals surface area contributed by atoms with E-state index in [-0.39, 0.29) is 11.9 Å². The van der Waals surface area contributed by atoms with Crippen LogP contribution in [0, 0.1) is 0 Å². The van der Waals surface area contributed by atoms with Crippen LogP contribution in [0.4, 0.5) is 10.5 Å². The number of pyridine rings is 1. The number of carbonyl (C=O) groups excluding carboxylic acids is 2. The molecule has 22 heavy (non-hydrogen) atoms. The van der Waals surface area contributed by atoms with Crippen molar-refractivity contribution in [2.24, 2.45) is 0 Å². The molecule has 0 spiro atoms. The predicted octanol–water partition coefficient (Wildman–Crippen LogP) is 1.90. The zero-order chi connectivity index (χ0) is 16.5. The molecule has 3 N–H and O–H groups in total. The second-order valence-corrected chi connectivity index (χ2v) is 4.93. The maximum absolute atomic E-state index is 12.0. The highest BCUT2D eigenvalue weighted by Gasteiger charge is 2.17. The van der Waals surface area contributed by atoms with Crippen LogP contribution in [0.1, 0.15) is 34.1 Å². The summed E-state index contributed by atoms with van der Waals surface area (Å²) in [5.41, 5.74) is 0.455. The van der Waals surface area contributed by atoms with Crippen molar-refractivity contribution in [3.8, 4) is 5.88 Å². The van der Waals surface area contributed by atoms with Crippen molar-refractivity contribution in [3.05, 3.63) is 18.3 Å². The Bertz CT molecular complexity index is 507. The number of nitrogens with one attached hydrogen (secondary N) is 3. The monoisotopic (exact) mass is 308 g/mol. The van der Waals surface area contributed by atoms with Gasteiger partial charge in [-0.15, -0.1) is 0 Å². The second-order valence-electron chi connectivity index (χ2n) is 4.93. The Balaban J connectivity index is 2.57. The molecule has 0 aliphatic carbocycles. The van der Waals surface area contributed by atoms with E-state index in [4.69, 9.17) is 4.74 Å². The minimum Gasteiger partial charge on any atom is -0.476 e. The van der Waals surface area contributed by atoms with E-state index in [1.807, 2.05) is 20.8 Å². The first-order valence-electron chi connectivity index (χ1n) is 7.43. The third-order valence-electron chi connectivity index (χ3n) is 3.04. The molecule has 0 radical (unpaired) electrons. The van der Waals surface area contributed by atoms with Gasteiger partial charge in [-0.2, -0.15) is 0 Å². The average molecular weight is 308 g/mol. The number of anilines is 1. The van der Waals surface area contributed by atoms with Gasteiger partial charge in [0.2, 0.25) is 11.8 Å². The number of nitrogens with zero attached hydrogens (tertiary/aromatic N) is 1. The van der Waals surface area contributed by atoms with Crippen LogP contribution < -0.4 is 20.7 Å². The van der Waals surface area contributed by atoms with Gasteiger partial charge in [-0.1, -0.05) is 6.92 Å². The van der Waals surface area contributed by atoms with Gasteiger partial charge in [-0.3, -0.25) is 4.79 Å². The summed E-state index contributed by atoms with van der Waals surface area (Å²) in [6.07, 6.45) is 2.41. The minimum atomic E-state index is -0.638. The lowest BCUT2D eigenvalue weighted by Gasteiger charge is -2.18. The Kier molecular flexibility index (Phi) is 7.15. The van der Waals surface area contributed by atoms with Crippen LogP contribution in [0.15, 0.2) is 18.3 Å². The number of carbonyl (C=O) groups is 2. The molecule has 0 saturated carbocycles. The molecule has 0 bridgehead atoms. The van der Waals surface area contributed by atoms with Crippen LogP contribution in [-0.2, 0) is 4.79 Å². The standard InChI is InChI=1S/C15H24N4O3/c1-5-10(3)17-13(20)11(4)18-15(21)19-12-8-7-9-16-14(12)22-6-2/h7-11H,5-6H2,1-4H3,(H,17,20)(H2,18,19,21)/t10-,11+/m0/s1. The van der Waals surface area contributed by atoms with Crippen LogP contribution in [0.3, 0.4) is 0 Å². The Hall–Kier alpha value is -2.31. The lowest BCUT2D eigenvalue weighted by Crippen LogP contribution is -2.48. The first-order valence-corrected chi connectivity index (χ1v) is 7.43. The maximum Gasteiger partial charge on any atom is 0.320 e. The van der Waals surface area contributed by atoms with Crippen molar-refractivity contribution < 1.29 is 14.3 Å². The van der Waals surface area contributed by atoms with Gasteiger partial charge >= 0.3 is 6.03 Å². The molecule has 0 saturated heterocycles. The highest BCUT2D eigenvalue weighted by molar-refractivity contribution is 5.94. The van der Waals surface area contributed by atoms with Crippen molar-refractivity contribution in [2.45, 2.75) is 46.2 Å². The van der Waals surface area contributed by atoms with Gasteiger partial charge in [0.15, 0.2) is 0 Å². The molecule has 1 aromatic heterocycles. The lowest BCUT2D eigenvalue weighted by molar-refractivity contribution is -0.123. The number of rotatable bonds is 7. The van der Waals surface area contributed by atoms with Gasteiger partial charge in [-0.25, -0.2) is 9.78 Å². The summed E-state index contributed by atoms with van der Waals surface area (Å²) in [5.74, 6) is 0.123. The third kappa shape index (κ3) is 5.59. The van der Waals surface area contributed by atoms with Gasteiger partial charge in [0.05, 0.1) is 6.61 Å². The number of aromatic nitrogens is 1. The molecule has 122 valence electrons. The van der Waals surface area contributed by atoms with Gasteiger partial charge in [0.25, 0.3) is 0 Å². The van der Waals surface area contributed by atoms with Crippen molar-refractivity contribution in [3.63, 3.8) is 0 Å². The minimum absolute atomic E-state index is 0.0719. The van der Waals surface area contributed by atoms with E-state index in [9.17, 15) is 9.59 Å². The van der Waals surface area contributed by atoms with Crippen molar-refractivity contribution >= 4 is 17.6 Å². The van der Waals surface area contributed by atoms with Crippen LogP contribution in [0.5, 0.6) is 5.88 Å². The summed E-state index contributed by atoms with van der Waals surface area (Å²) in [4.78, 5) is 27.9. The quantitative estimate of drug-likeness (QED) is 0.717. The number of urea groups is 1. The molecule has 1 heterocycles. The highest BCUT2D eigenvalue weighted by Crippen LogP contribution is 2.20. The normalized spacial score (nSPS) is 12.9. The van der Waals surface area contributed by atoms with E-state index in [0.29, 0.717) is 18.2 Å². The summed E-state index contributed by atoms with van der Waals surface area (Å²) < 4.78 is 5.32. The fourth-order valence-corrected chi connectivity index (χ4v) is 1.63. The van der Waals surface area contributed by atoms with Crippen LogP contribution in [0.2, 0.25) is 0 Å². The molecule has 7 nitrogen and oxygen atoms in total. The fraction of sp³-hybridized carbons (Fsp3) is 0.533. The van der Waals surface area contributed by atoms with Crippen molar-refractivity contribution in [1.82, 2.24) is 15.6 Å². The first-order chi connectivity index (χ1) is 10.5. The fourth-order valence-electron chi connectivity index (χ4n) is 1.63. The van der Waals surface area contributed by atoms with E-state index in [2.05, 4.69) is 20.9 Å². The summed E-state index contributed by atoms with van der Waals surface area (Å²) >= 11 is 0. The maximum atomic E-state index is 12.0. The smallest absolute Gasteiger partial charge is 0.320 e. The summed E-state index contributed by atoms with van der Waals surface area (Å²) in [7, 11) is 0. The van der Waals surface area contributed by atoms with Gasteiger partial charge in [0.1, 0.15) is 11.7 Å². The molecule has 0 aliphatic heterocycles. The van der Waals surface area contributed by atoms with Crippen LogP contribution in [-0.4, -0.2) is 35.6 Å². The van der Waals surface area contributed by atoms with E-state index in [0.717, 1.165) is 6.42 Å². The molecule has 1 aromatic rings. The zero-order valence-corrected chi connectivity index (χ0v) is 13.5. The molecule has 0 fully saturated rings. The molecule has 0 unspecified atom stereocenters. The largest absolute Gasteiger partial charge is 0.476 e. The summed E-state index contributed by atoms with van der Waals surface area (Å²) in [6, 6.07) is 2.32. The molecule has 2 atom stereocenters. The average Bonchev–Trinajstić information content (AvgIpc) is 2.49. The molecule has 7 heteroatoms. The van der Waals surface area contributed by atoms with Gasteiger partial charge in [-0.05, 0) is 39.3 Å². The lowest BCUT2D eigenvalue weighted by atomic mass is 10.2. The zero-order valence-electron chi connectivity index (χ0n) is 13.5. The number of hydrogen-bond donors (Lipinski definition) is 3. The van der Waals surface area contributed by atoms with Gasteiger partial charge in [0, 0.05) is 12.2 Å². The van der Waals surface area contributed by atoms with Gasteiger partial charge < -0.3 is 20.7 Å². The van der Waals surface area contributed by atoms with E-state index >= 15 is 0 Å². The van der Waals surface area contributed by atoms with E-state index < -0.39 is 12.1 Å². The highest BCUT2D eigenvalue weighted by atomic mass is 16.5. The first kappa shape index (κ1) is 17.7. The second kappa shape index (κ2) is 8.86. The molecule has 1 rings (SSSR count). The predicted molar refractivity (Wildman–Crippen MR) is 84.9 cm³/mol. The molecular weight excluding hydrogens is 284 g/mol. The Morgan fingerprint density at radius 3 is 2.64 bits per heavy atom. The van der Waals surface area contributed by atoms with Crippen LogP contribution in [0.25, 0.3) is 0 Å². The van der Waals surface area contributed by atoms with E-state index in [1.54, 1.807) is 25.3 Å². The molecule has 0 aromatic carbocycles. The SMILES string of the molecule is CCOc1ncccc1NC(=O)N[C@H](C)C(=O)N[C@@H](C)CC. The topological polar surface area (TPSA) is 92.3 Å². The van der Waals surface area contributed by atoms with Crippen LogP contribution >= 0.6 is 0 Å². The van der Waals surface area contributed by atoms with Crippen molar-refractivity contribution in [1.29, 1.82) is 0 Å². The Labute approximate surface area is 130 Å². The van der Waals surface area contributed by atoms with E-state index in [1.165, 1.54) is 0 Å². The molecule has 3 amide bonds. The van der Waals surface area contributed by atoms with Crippen molar-refractivity contribution in [2.75, 3.05) is 11.9 Å². The number of ether oxygens (including phenoxy) is 1. The summed E-state index contributed by atoms with van der Waals surface area (Å²) in [6.45, 7) is 7.80. The number of hydrogen-bond acceptors (Lipinski definition) is 4. The molecule has 0 aliphatic rings. The third-order valence-corrected chi connectivity index (χ3v) is 3.04. The molecular formula is C15H24N4O3. The summed E-state index contributed by atoms with van der Waals surface area (Å²) in [5, 5.41) is 8.02. The Morgan fingerprint density at radius 1 is 1.27 bits per heavy atom. The Morgan fingerprint density at radius 2 is 2.00 bits per heavy atom.